The zero-order chi connectivity index (χ0) is 20.4. The van der Waals surface area contributed by atoms with Crippen molar-refractivity contribution in [2.75, 3.05) is 25.2 Å². The first kappa shape index (κ1) is 24.6. The molecule has 7 nitrogen and oxygen atoms in total. The van der Waals surface area contributed by atoms with E-state index in [-0.39, 0.29) is 11.3 Å². The minimum Gasteiger partial charge on any atom is -0.467 e. The molecule has 0 heterocycles. The Kier molecular flexibility index (Phi) is 10.7. The second kappa shape index (κ2) is 11.3. The Labute approximate surface area is 161 Å². The Balaban J connectivity index is 4.14. The summed E-state index contributed by atoms with van der Waals surface area (Å²) in [4.78, 5) is 35.4. The van der Waals surface area contributed by atoms with E-state index in [0.29, 0.717) is 18.7 Å². The number of esters is 1. The highest BCUT2D eigenvalue weighted by Crippen LogP contribution is 2.18. The number of amides is 2. The van der Waals surface area contributed by atoms with Crippen LogP contribution in [0.15, 0.2) is 0 Å². The van der Waals surface area contributed by atoms with Crippen molar-refractivity contribution < 1.29 is 23.9 Å². The lowest BCUT2D eigenvalue weighted by Gasteiger charge is -2.21. The molecular weight excluding hydrogens is 356 g/mol. The van der Waals surface area contributed by atoms with Crippen molar-refractivity contribution in [2.45, 2.75) is 66.0 Å². The van der Waals surface area contributed by atoms with Crippen LogP contribution < -0.4 is 10.6 Å². The van der Waals surface area contributed by atoms with Crippen molar-refractivity contribution in [3.8, 4) is 0 Å². The molecule has 0 rings (SSSR count). The third-order valence-corrected chi connectivity index (χ3v) is 4.08. The summed E-state index contributed by atoms with van der Waals surface area (Å²) in [7, 11) is 1.31. The summed E-state index contributed by atoms with van der Waals surface area (Å²) in [5.41, 5.74) is -0.664. The molecule has 0 aromatic rings. The van der Waals surface area contributed by atoms with Gasteiger partial charge in [0.05, 0.1) is 7.11 Å². The van der Waals surface area contributed by atoms with E-state index in [1.165, 1.54) is 18.9 Å². The SMILES string of the molecule is COC(=O)[C@H](CSCCCNC(=O)OC(C)(C)C)NC(=O)CC(C)(C)C. The van der Waals surface area contributed by atoms with Crippen molar-refractivity contribution in [3.05, 3.63) is 0 Å². The summed E-state index contributed by atoms with van der Waals surface area (Å²) in [6.07, 6.45) is 0.628. The number of hydrogen-bond donors (Lipinski definition) is 2. The van der Waals surface area contributed by atoms with Crippen LogP contribution in [0.5, 0.6) is 0 Å². The molecule has 2 amide bonds. The predicted molar refractivity (Wildman–Crippen MR) is 104 cm³/mol. The maximum atomic E-state index is 12.0. The summed E-state index contributed by atoms with van der Waals surface area (Å²) in [5, 5.41) is 5.42. The number of alkyl carbamates (subject to hydrolysis) is 1. The first-order valence-electron chi connectivity index (χ1n) is 8.76. The van der Waals surface area contributed by atoms with Gasteiger partial charge in [0, 0.05) is 18.7 Å². The van der Waals surface area contributed by atoms with Crippen LogP contribution in [-0.2, 0) is 19.1 Å². The van der Waals surface area contributed by atoms with Crippen LogP contribution in [0.25, 0.3) is 0 Å². The molecule has 152 valence electrons. The van der Waals surface area contributed by atoms with Gasteiger partial charge in [0.2, 0.25) is 5.91 Å². The highest BCUT2D eigenvalue weighted by Gasteiger charge is 2.24. The van der Waals surface area contributed by atoms with Crippen molar-refractivity contribution in [1.82, 2.24) is 10.6 Å². The van der Waals surface area contributed by atoms with Gasteiger partial charge in [-0.05, 0) is 38.4 Å². The van der Waals surface area contributed by atoms with Gasteiger partial charge in [-0.1, -0.05) is 20.8 Å². The average Bonchev–Trinajstić information content (AvgIpc) is 2.44. The maximum absolute atomic E-state index is 12.0. The number of methoxy groups -OCH3 is 1. The van der Waals surface area contributed by atoms with E-state index >= 15 is 0 Å². The predicted octanol–water partition coefficient (Wildman–Crippen LogP) is 2.73. The lowest BCUT2D eigenvalue weighted by Crippen LogP contribution is -2.44. The van der Waals surface area contributed by atoms with Crippen LogP contribution >= 0.6 is 11.8 Å². The number of hydrogen-bond acceptors (Lipinski definition) is 6. The first-order valence-corrected chi connectivity index (χ1v) is 9.91. The zero-order valence-corrected chi connectivity index (χ0v) is 17.9. The Morgan fingerprint density at radius 3 is 2.19 bits per heavy atom. The van der Waals surface area contributed by atoms with Crippen LogP contribution in [0.2, 0.25) is 0 Å². The first-order chi connectivity index (χ1) is 11.8. The molecule has 0 unspecified atom stereocenters. The van der Waals surface area contributed by atoms with Crippen LogP contribution in [-0.4, -0.2) is 54.8 Å². The molecule has 0 radical (unpaired) electrons. The summed E-state index contributed by atoms with van der Waals surface area (Å²) in [6.45, 7) is 11.8. The smallest absolute Gasteiger partial charge is 0.407 e. The molecule has 0 spiro atoms. The molecule has 0 saturated heterocycles. The van der Waals surface area contributed by atoms with Gasteiger partial charge in [-0.25, -0.2) is 9.59 Å². The fourth-order valence-corrected chi connectivity index (χ4v) is 2.89. The van der Waals surface area contributed by atoms with E-state index in [1.54, 1.807) is 0 Å². The zero-order valence-electron chi connectivity index (χ0n) is 17.1. The third-order valence-electron chi connectivity index (χ3n) is 2.93. The van der Waals surface area contributed by atoms with Crippen LogP contribution in [0.3, 0.4) is 0 Å². The normalized spacial score (nSPS) is 12.9. The van der Waals surface area contributed by atoms with Crippen molar-refractivity contribution in [2.24, 2.45) is 5.41 Å². The summed E-state index contributed by atoms with van der Waals surface area (Å²) in [6, 6.07) is -0.668. The maximum Gasteiger partial charge on any atom is 0.407 e. The number of rotatable bonds is 9. The van der Waals surface area contributed by atoms with Crippen LogP contribution in [0, 0.1) is 5.41 Å². The number of carbonyl (C=O) groups is 3. The summed E-state index contributed by atoms with van der Waals surface area (Å²) >= 11 is 1.52. The van der Waals surface area contributed by atoms with E-state index in [0.717, 1.165) is 12.2 Å². The van der Waals surface area contributed by atoms with Crippen molar-refractivity contribution in [1.29, 1.82) is 0 Å². The highest BCUT2D eigenvalue weighted by atomic mass is 32.2. The Hall–Kier alpha value is -1.44. The second-order valence-electron chi connectivity index (χ2n) is 8.24. The highest BCUT2D eigenvalue weighted by molar-refractivity contribution is 7.99. The van der Waals surface area contributed by atoms with Crippen molar-refractivity contribution >= 4 is 29.7 Å². The molecule has 0 aliphatic heterocycles. The van der Waals surface area contributed by atoms with E-state index in [1.807, 2.05) is 41.5 Å². The molecule has 0 bridgehead atoms. The number of nitrogens with one attached hydrogen (secondary N) is 2. The fourth-order valence-electron chi connectivity index (χ4n) is 1.92. The topological polar surface area (TPSA) is 93.7 Å². The van der Waals surface area contributed by atoms with E-state index in [2.05, 4.69) is 10.6 Å². The minimum absolute atomic E-state index is 0.148. The molecule has 0 aliphatic carbocycles. The lowest BCUT2D eigenvalue weighted by molar-refractivity contribution is -0.144. The number of carbonyl (C=O) groups excluding carboxylic acids is 3. The molecule has 0 aliphatic rings. The van der Waals surface area contributed by atoms with E-state index in [9.17, 15) is 14.4 Å². The summed E-state index contributed by atoms with van der Waals surface area (Å²) in [5.74, 6) is 0.541. The van der Waals surface area contributed by atoms with E-state index in [4.69, 9.17) is 9.47 Å². The van der Waals surface area contributed by atoms with Gasteiger partial charge < -0.3 is 20.1 Å². The average molecular weight is 391 g/mol. The Morgan fingerprint density at radius 2 is 1.69 bits per heavy atom. The molecule has 1 atom stereocenters. The molecule has 0 aromatic carbocycles. The second-order valence-corrected chi connectivity index (χ2v) is 9.39. The monoisotopic (exact) mass is 390 g/mol. The molecule has 2 N–H and O–H groups in total. The number of ether oxygens (including phenoxy) is 2. The van der Waals surface area contributed by atoms with Gasteiger partial charge in [0.15, 0.2) is 0 Å². The molecule has 0 fully saturated rings. The van der Waals surface area contributed by atoms with Crippen LogP contribution in [0.4, 0.5) is 4.79 Å². The van der Waals surface area contributed by atoms with Gasteiger partial charge in [0.25, 0.3) is 0 Å². The minimum atomic E-state index is -0.668. The Morgan fingerprint density at radius 1 is 1.08 bits per heavy atom. The van der Waals surface area contributed by atoms with Gasteiger partial charge in [-0.2, -0.15) is 11.8 Å². The van der Waals surface area contributed by atoms with Gasteiger partial charge in [-0.3, -0.25) is 4.79 Å². The summed E-state index contributed by atoms with van der Waals surface area (Å²) < 4.78 is 9.91. The molecule has 0 saturated carbocycles. The third kappa shape index (κ3) is 13.8. The van der Waals surface area contributed by atoms with Crippen LogP contribution in [0.1, 0.15) is 54.4 Å². The fraction of sp³-hybridized carbons (Fsp3) is 0.833. The lowest BCUT2D eigenvalue weighted by atomic mass is 9.92. The van der Waals surface area contributed by atoms with Gasteiger partial charge in [0.1, 0.15) is 11.6 Å². The largest absolute Gasteiger partial charge is 0.467 e. The van der Waals surface area contributed by atoms with Gasteiger partial charge in [-0.15, -0.1) is 0 Å². The molecule has 8 heteroatoms. The molecular formula is C18H34N2O5S. The van der Waals surface area contributed by atoms with Crippen molar-refractivity contribution in [3.63, 3.8) is 0 Å². The quantitative estimate of drug-likeness (QED) is 0.464. The van der Waals surface area contributed by atoms with E-state index < -0.39 is 23.7 Å². The Bertz CT molecular complexity index is 469. The number of thioether (sulfide) groups is 1. The molecule has 0 aromatic heterocycles. The standard InChI is InChI=1S/C18H34N2O5S/c1-17(2,3)11-14(21)20-13(15(22)24-7)12-26-10-8-9-19-16(23)25-18(4,5)6/h13H,8-12H2,1-7H3,(H,19,23)(H,20,21)/t13-/m0/s1. The molecule has 26 heavy (non-hydrogen) atoms. The van der Waals surface area contributed by atoms with Gasteiger partial charge >= 0.3 is 12.1 Å².